The second-order valence-corrected chi connectivity index (χ2v) is 10.4. The van der Waals surface area contributed by atoms with E-state index in [-0.39, 0.29) is 11.3 Å². The Hall–Kier alpha value is -1.42. The third-order valence-electron chi connectivity index (χ3n) is 9.51. The van der Waals surface area contributed by atoms with Crippen molar-refractivity contribution < 1.29 is 19.8 Å². The molecule has 2 N–H and O–H groups in total. The van der Waals surface area contributed by atoms with Gasteiger partial charge in [-0.15, -0.1) is 0 Å². The van der Waals surface area contributed by atoms with Crippen molar-refractivity contribution in [3.8, 4) is 0 Å². The molecule has 0 bridgehead atoms. The van der Waals surface area contributed by atoms with Crippen molar-refractivity contribution in [2.24, 2.45) is 46.8 Å². The predicted octanol–water partition coefficient (Wildman–Crippen LogP) is 3.99. The molecular formula is C24H32O4. The molecule has 0 radical (unpaired) electrons. The van der Waals surface area contributed by atoms with E-state index in [1.54, 1.807) is 6.08 Å². The van der Waals surface area contributed by atoms with Crippen molar-refractivity contribution in [1.82, 2.24) is 0 Å². The van der Waals surface area contributed by atoms with Crippen molar-refractivity contribution in [2.45, 2.75) is 64.4 Å². The highest BCUT2D eigenvalue weighted by atomic mass is 16.4. The van der Waals surface area contributed by atoms with Crippen molar-refractivity contribution in [2.75, 3.05) is 0 Å². The first-order valence-electron chi connectivity index (χ1n) is 11.2. The fraction of sp³-hybridized carbons (Fsp3) is 0.750. The van der Waals surface area contributed by atoms with E-state index < -0.39 is 11.6 Å². The lowest BCUT2D eigenvalue weighted by molar-refractivity contribution is -0.134. The van der Waals surface area contributed by atoms with Gasteiger partial charge in [-0.25, -0.2) is 4.79 Å². The molecule has 0 aliphatic heterocycles. The predicted molar refractivity (Wildman–Crippen MR) is 105 cm³/mol. The van der Waals surface area contributed by atoms with Gasteiger partial charge in [0.15, 0.2) is 5.78 Å². The van der Waals surface area contributed by atoms with E-state index in [4.69, 9.17) is 5.11 Å². The lowest BCUT2D eigenvalue weighted by Gasteiger charge is -2.59. The van der Waals surface area contributed by atoms with Gasteiger partial charge in [-0.3, -0.25) is 4.79 Å². The van der Waals surface area contributed by atoms with Crippen LogP contribution in [0, 0.1) is 46.8 Å². The van der Waals surface area contributed by atoms with Gasteiger partial charge in [0.05, 0.1) is 5.60 Å². The summed E-state index contributed by atoms with van der Waals surface area (Å²) in [4.78, 5) is 23.2. The Morgan fingerprint density at radius 3 is 2.82 bits per heavy atom. The molecule has 28 heavy (non-hydrogen) atoms. The van der Waals surface area contributed by atoms with Gasteiger partial charge in [0.1, 0.15) is 0 Å². The standard InChI is InChI=1S/C24H32O4/c1-3-13-10-14-11-15(25)4-5-16(14)17-6-8-23(2)22(21(13)17)18-12-19(18)24(23,28)9-7-20(26)27/h7,9,11,13,16-19,21-22,28H,3-6,8,10,12H2,1-2H3,(H,26,27)/b9-7-/t13-,16+,17-,18-,19+,21-,22+,23+,24+/m1/s1. The Kier molecular flexibility index (Phi) is 4.01. The lowest BCUT2D eigenvalue weighted by Crippen LogP contribution is -2.56. The van der Waals surface area contributed by atoms with Gasteiger partial charge in [-0.05, 0) is 85.7 Å². The molecule has 0 aromatic rings. The Morgan fingerprint density at radius 2 is 2.11 bits per heavy atom. The first-order chi connectivity index (χ1) is 13.3. The molecule has 4 nitrogen and oxygen atoms in total. The number of carboxylic acid groups (broad SMARTS) is 1. The van der Waals surface area contributed by atoms with Gasteiger partial charge in [-0.1, -0.05) is 25.8 Å². The molecule has 5 rings (SSSR count). The van der Waals surface area contributed by atoms with Gasteiger partial charge < -0.3 is 10.2 Å². The maximum Gasteiger partial charge on any atom is 0.328 e. The zero-order valence-corrected chi connectivity index (χ0v) is 16.9. The van der Waals surface area contributed by atoms with Crippen molar-refractivity contribution in [1.29, 1.82) is 0 Å². The largest absolute Gasteiger partial charge is 0.478 e. The zero-order chi connectivity index (χ0) is 19.8. The average molecular weight is 385 g/mol. The van der Waals surface area contributed by atoms with E-state index in [0.717, 1.165) is 38.5 Å². The van der Waals surface area contributed by atoms with Gasteiger partial charge >= 0.3 is 5.97 Å². The number of carboxylic acids is 1. The minimum Gasteiger partial charge on any atom is -0.478 e. The number of carbonyl (C=O) groups excluding carboxylic acids is 1. The summed E-state index contributed by atoms with van der Waals surface area (Å²) in [5.74, 6) is 2.91. The van der Waals surface area contributed by atoms with E-state index in [2.05, 4.69) is 13.8 Å². The molecule has 0 aromatic heterocycles. The number of ketones is 1. The van der Waals surface area contributed by atoms with E-state index >= 15 is 0 Å². The van der Waals surface area contributed by atoms with Gasteiger partial charge in [-0.2, -0.15) is 0 Å². The summed E-state index contributed by atoms with van der Waals surface area (Å²) in [5.41, 5.74) is 0.189. The summed E-state index contributed by atoms with van der Waals surface area (Å²) in [6, 6.07) is 0. The van der Waals surface area contributed by atoms with Crippen LogP contribution in [-0.2, 0) is 9.59 Å². The maximum atomic E-state index is 12.0. The smallest absolute Gasteiger partial charge is 0.328 e. The Labute approximate surface area is 167 Å². The topological polar surface area (TPSA) is 74.6 Å². The van der Waals surface area contributed by atoms with Crippen LogP contribution in [0.15, 0.2) is 23.8 Å². The van der Waals surface area contributed by atoms with Crippen LogP contribution in [0.4, 0.5) is 0 Å². The summed E-state index contributed by atoms with van der Waals surface area (Å²) in [5, 5.41) is 20.9. The van der Waals surface area contributed by atoms with Gasteiger partial charge in [0.25, 0.3) is 0 Å². The number of hydrogen-bond acceptors (Lipinski definition) is 3. The van der Waals surface area contributed by atoms with Crippen LogP contribution in [-0.4, -0.2) is 27.6 Å². The van der Waals surface area contributed by atoms with E-state index in [0.29, 0.717) is 47.7 Å². The van der Waals surface area contributed by atoms with Crippen LogP contribution in [0.3, 0.4) is 0 Å². The highest BCUT2D eigenvalue weighted by Gasteiger charge is 2.75. The highest BCUT2D eigenvalue weighted by molar-refractivity contribution is 5.91. The number of aliphatic carboxylic acids is 1. The summed E-state index contributed by atoms with van der Waals surface area (Å²) in [7, 11) is 0. The molecule has 152 valence electrons. The van der Waals surface area contributed by atoms with Crippen molar-refractivity contribution in [3.05, 3.63) is 23.8 Å². The van der Waals surface area contributed by atoms with Crippen LogP contribution in [0.2, 0.25) is 0 Å². The average Bonchev–Trinajstić information content (AvgIpc) is 3.42. The van der Waals surface area contributed by atoms with Crippen molar-refractivity contribution >= 4 is 11.8 Å². The molecule has 5 aliphatic rings. The minimum absolute atomic E-state index is 0.222. The normalized spacial score (nSPS) is 51.8. The molecule has 0 saturated heterocycles. The van der Waals surface area contributed by atoms with Crippen molar-refractivity contribution in [3.63, 3.8) is 0 Å². The van der Waals surface area contributed by atoms with E-state index in [1.807, 2.05) is 6.08 Å². The monoisotopic (exact) mass is 384 g/mol. The quantitative estimate of drug-likeness (QED) is 0.722. The molecule has 0 spiro atoms. The second-order valence-electron chi connectivity index (χ2n) is 10.4. The van der Waals surface area contributed by atoms with Crippen LogP contribution >= 0.6 is 0 Å². The summed E-state index contributed by atoms with van der Waals surface area (Å²) < 4.78 is 0. The number of fused-ring (bicyclic) bond motifs is 7. The zero-order valence-electron chi connectivity index (χ0n) is 16.9. The Balaban J connectivity index is 1.53. The number of rotatable bonds is 3. The fourth-order valence-corrected chi connectivity index (χ4v) is 8.33. The number of aliphatic hydroxyl groups is 1. The number of allylic oxidation sites excluding steroid dienone is 1. The Bertz CT molecular complexity index is 781. The molecule has 0 amide bonds. The van der Waals surface area contributed by atoms with Gasteiger partial charge in [0.2, 0.25) is 0 Å². The fourth-order valence-electron chi connectivity index (χ4n) is 8.33. The Morgan fingerprint density at radius 1 is 1.32 bits per heavy atom. The van der Waals surface area contributed by atoms with Crippen LogP contribution in [0.25, 0.3) is 0 Å². The number of hydrogen-bond donors (Lipinski definition) is 2. The molecule has 0 unspecified atom stereocenters. The third kappa shape index (κ3) is 2.33. The highest BCUT2D eigenvalue weighted by Crippen LogP contribution is 2.76. The molecule has 5 aliphatic carbocycles. The molecule has 0 heterocycles. The van der Waals surface area contributed by atoms with Crippen LogP contribution < -0.4 is 0 Å². The first kappa shape index (κ1) is 18.6. The van der Waals surface area contributed by atoms with E-state index in [9.17, 15) is 14.7 Å². The summed E-state index contributed by atoms with van der Waals surface area (Å²) in [6.07, 6.45) is 11.7. The minimum atomic E-state index is -0.984. The molecule has 9 atom stereocenters. The molecule has 4 saturated carbocycles. The molecule has 0 aromatic carbocycles. The molecule has 4 fully saturated rings. The van der Waals surface area contributed by atoms with Crippen LogP contribution in [0.1, 0.15) is 58.8 Å². The van der Waals surface area contributed by atoms with E-state index in [1.165, 1.54) is 11.6 Å². The lowest BCUT2D eigenvalue weighted by atomic mass is 9.46. The first-order valence-corrected chi connectivity index (χ1v) is 11.2. The number of carbonyl (C=O) groups is 2. The van der Waals surface area contributed by atoms with Gasteiger partial charge in [0, 0.05) is 17.9 Å². The molecule has 4 heteroatoms. The van der Waals surface area contributed by atoms with Crippen LogP contribution in [0.5, 0.6) is 0 Å². The summed E-state index contributed by atoms with van der Waals surface area (Å²) >= 11 is 0. The summed E-state index contributed by atoms with van der Waals surface area (Å²) in [6.45, 7) is 4.50. The molecular weight excluding hydrogens is 352 g/mol. The second kappa shape index (κ2) is 6.04. The third-order valence-corrected chi connectivity index (χ3v) is 9.51. The maximum absolute atomic E-state index is 12.0. The SMILES string of the molecule is CC[C@@H]1CC2=CC(=O)CC[C@@H]2[C@H]2CC[C@@]3(C)[C@@H]([C@@H]4C[C@@H]4[C@@]3(O)/C=C\C(=O)O)[C@H]12.